The molecule has 24 heavy (non-hydrogen) atoms. The molecule has 4 saturated carbocycles. The molecule has 0 amide bonds. The van der Waals surface area contributed by atoms with Gasteiger partial charge in [0.1, 0.15) is 5.01 Å². The Hall–Kier alpha value is -0.920. The third-order valence-electron chi connectivity index (χ3n) is 6.36. The van der Waals surface area contributed by atoms with Crippen LogP contribution in [0.15, 0.2) is 5.38 Å². The number of nitrogens with zero attached hydrogens (tertiary/aromatic N) is 2. The minimum atomic E-state index is -0.708. The summed E-state index contributed by atoms with van der Waals surface area (Å²) < 4.78 is 0. The Morgan fingerprint density at radius 1 is 1.33 bits per heavy atom. The second kappa shape index (κ2) is 6.42. The molecule has 1 aromatic rings. The Bertz CT molecular complexity index is 642. The van der Waals surface area contributed by atoms with Crippen molar-refractivity contribution in [2.75, 3.05) is 5.88 Å². The lowest BCUT2D eigenvalue weighted by atomic mass is 9.49. The van der Waals surface area contributed by atoms with Gasteiger partial charge < -0.3 is 0 Å². The van der Waals surface area contributed by atoms with E-state index >= 15 is 0 Å². The number of carbonyl (C=O) groups excluding carboxylic acids is 1. The number of Topliss-reactive ketones (excluding diaryl/α,β-unsaturated/α-hetero) is 1. The van der Waals surface area contributed by atoms with Crippen molar-refractivity contribution in [3.63, 3.8) is 0 Å². The van der Waals surface area contributed by atoms with E-state index in [1.165, 1.54) is 55.6 Å². The molecule has 0 aromatic carbocycles. The molecule has 128 valence electrons. The fourth-order valence-corrected chi connectivity index (χ4v) is 6.88. The van der Waals surface area contributed by atoms with Crippen LogP contribution < -0.4 is 0 Å². The smallest absolute Gasteiger partial charge is 0.156 e. The molecule has 0 aliphatic heterocycles. The molecule has 1 heterocycles. The van der Waals surface area contributed by atoms with Crippen LogP contribution in [0.5, 0.6) is 0 Å². The van der Waals surface area contributed by atoms with E-state index in [2.05, 4.69) is 11.4 Å². The summed E-state index contributed by atoms with van der Waals surface area (Å²) >= 11 is 7.18. The first kappa shape index (κ1) is 16.5. The molecule has 1 aromatic heterocycles. The number of hydrogen-bond acceptors (Lipinski definition) is 4. The lowest BCUT2D eigenvalue weighted by Gasteiger charge is -2.56. The summed E-state index contributed by atoms with van der Waals surface area (Å²) in [4.78, 5) is 17.1. The molecule has 3 nitrogen and oxygen atoms in total. The maximum absolute atomic E-state index is 12.3. The Morgan fingerprint density at radius 3 is 2.50 bits per heavy atom. The van der Waals surface area contributed by atoms with Gasteiger partial charge in [-0.15, -0.1) is 22.9 Å². The summed E-state index contributed by atoms with van der Waals surface area (Å²) in [6.07, 6.45) is 9.02. The normalized spacial score (nSPS) is 34.9. The number of aromatic nitrogens is 1. The van der Waals surface area contributed by atoms with Gasteiger partial charge in [0.05, 0.1) is 11.8 Å². The molecule has 0 spiro atoms. The zero-order valence-corrected chi connectivity index (χ0v) is 15.4. The first-order valence-corrected chi connectivity index (χ1v) is 10.5. The molecule has 4 aliphatic carbocycles. The van der Waals surface area contributed by atoms with E-state index in [1.807, 2.05) is 0 Å². The number of hydrogen-bond donors (Lipinski definition) is 0. The number of nitriles is 1. The maximum Gasteiger partial charge on any atom is 0.156 e. The molecular weight excluding hydrogens is 340 g/mol. The van der Waals surface area contributed by atoms with E-state index in [9.17, 15) is 10.1 Å². The summed E-state index contributed by atoms with van der Waals surface area (Å²) in [6, 6.07) is 2.17. The molecule has 0 unspecified atom stereocenters. The monoisotopic (exact) mass is 362 g/mol. The predicted octanol–water partition coefficient (Wildman–Crippen LogP) is 4.81. The van der Waals surface area contributed by atoms with Gasteiger partial charge in [-0.3, -0.25) is 4.79 Å². The molecule has 0 N–H and O–H groups in total. The second-order valence-electron chi connectivity index (χ2n) is 8.09. The van der Waals surface area contributed by atoms with Crippen LogP contribution in [0.25, 0.3) is 0 Å². The number of carbonyl (C=O) groups is 1. The third kappa shape index (κ3) is 2.80. The summed E-state index contributed by atoms with van der Waals surface area (Å²) in [5.41, 5.74) is 1.41. The quantitative estimate of drug-likeness (QED) is 0.682. The van der Waals surface area contributed by atoms with E-state index in [4.69, 9.17) is 16.6 Å². The second-order valence-corrected chi connectivity index (χ2v) is 9.36. The molecule has 1 atom stereocenters. The fraction of sp³-hybridized carbons (Fsp3) is 0.737. The number of rotatable bonds is 6. The van der Waals surface area contributed by atoms with Gasteiger partial charge in [0, 0.05) is 23.1 Å². The predicted molar refractivity (Wildman–Crippen MR) is 95.3 cm³/mol. The summed E-state index contributed by atoms with van der Waals surface area (Å²) in [6.45, 7) is 0. The average Bonchev–Trinajstić information content (AvgIpc) is 3.03. The molecule has 5 heteroatoms. The van der Waals surface area contributed by atoms with E-state index in [1.54, 1.807) is 0 Å². The van der Waals surface area contributed by atoms with Gasteiger partial charge in [0.25, 0.3) is 0 Å². The standard InChI is InChI=1S/C19H23ClN2OS/c20-3-1-2-16(23)15(10-21)18-22-17(11-24-18)19-7-12-4-13(8-19)6-14(5-12)9-19/h11-15H,1-9H2/t12?,13?,14?,15-,19?/m1/s1. The molecule has 0 radical (unpaired) electrons. The van der Waals surface area contributed by atoms with Crippen LogP contribution in [0, 0.1) is 29.1 Å². The highest BCUT2D eigenvalue weighted by atomic mass is 35.5. The van der Waals surface area contributed by atoms with Crippen LogP contribution in [0.1, 0.15) is 68.0 Å². The molecule has 4 aliphatic rings. The van der Waals surface area contributed by atoms with Crippen LogP contribution in [-0.4, -0.2) is 16.6 Å². The Kier molecular flexibility index (Phi) is 4.43. The van der Waals surface area contributed by atoms with Gasteiger partial charge in [-0.05, 0) is 62.7 Å². The van der Waals surface area contributed by atoms with Crippen molar-refractivity contribution in [3.8, 4) is 6.07 Å². The highest BCUT2D eigenvalue weighted by Gasteiger charge is 2.52. The van der Waals surface area contributed by atoms with Crippen molar-refractivity contribution in [3.05, 3.63) is 16.1 Å². The van der Waals surface area contributed by atoms with E-state index in [0.29, 0.717) is 23.7 Å². The van der Waals surface area contributed by atoms with Crippen molar-refractivity contribution in [1.29, 1.82) is 5.26 Å². The Labute approximate surface area is 152 Å². The van der Waals surface area contributed by atoms with Crippen molar-refractivity contribution in [2.45, 2.75) is 62.7 Å². The first-order valence-electron chi connectivity index (χ1n) is 9.08. The molecule has 4 fully saturated rings. The lowest BCUT2D eigenvalue weighted by molar-refractivity contribution is -0.119. The zero-order chi connectivity index (χ0) is 16.7. The average molecular weight is 363 g/mol. The van der Waals surface area contributed by atoms with E-state index in [-0.39, 0.29) is 11.2 Å². The number of ketones is 1. The van der Waals surface area contributed by atoms with Crippen molar-refractivity contribution < 1.29 is 4.79 Å². The number of thiazole rings is 1. The Morgan fingerprint density at radius 2 is 1.96 bits per heavy atom. The van der Waals surface area contributed by atoms with Gasteiger partial charge in [-0.2, -0.15) is 5.26 Å². The van der Waals surface area contributed by atoms with Crippen LogP contribution in [0.2, 0.25) is 0 Å². The first-order chi connectivity index (χ1) is 11.6. The van der Waals surface area contributed by atoms with Crippen LogP contribution in [-0.2, 0) is 10.2 Å². The summed E-state index contributed by atoms with van der Waals surface area (Å²) in [5, 5.41) is 12.3. The van der Waals surface area contributed by atoms with Gasteiger partial charge in [0.2, 0.25) is 0 Å². The van der Waals surface area contributed by atoms with Crippen LogP contribution in [0.3, 0.4) is 0 Å². The van der Waals surface area contributed by atoms with E-state index in [0.717, 1.165) is 17.8 Å². The molecule has 0 saturated heterocycles. The zero-order valence-electron chi connectivity index (χ0n) is 13.8. The summed E-state index contributed by atoms with van der Waals surface area (Å²) in [5.74, 6) is 2.33. The van der Waals surface area contributed by atoms with Gasteiger partial charge in [-0.1, -0.05) is 0 Å². The Balaban J connectivity index is 1.56. The number of alkyl halides is 1. The SMILES string of the molecule is N#C[C@H](C(=O)CCCCl)c1nc(C23CC4CC(CC(C4)C2)C3)cs1. The van der Waals surface area contributed by atoms with Crippen LogP contribution in [0.4, 0.5) is 0 Å². The van der Waals surface area contributed by atoms with Crippen molar-refractivity contribution >= 4 is 28.7 Å². The fourth-order valence-electron chi connectivity index (χ4n) is 5.74. The lowest BCUT2D eigenvalue weighted by Crippen LogP contribution is -2.48. The number of halogens is 1. The largest absolute Gasteiger partial charge is 0.298 e. The van der Waals surface area contributed by atoms with Gasteiger partial charge >= 0.3 is 0 Å². The maximum atomic E-state index is 12.3. The summed E-state index contributed by atoms with van der Waals surface area (Å²) in [7, 11) is 0. The third-order valence-corrected chi connectivity index (χ3v) is 7.54. The highest BCUT2D eigenvalue weighted by molar-refractivity contribution is 7.10. The molecule has 5 rings (SSSR count). The highest BCUT2D eigenvalue weighted by Crippen LogP contribution is 2.60. The van der Waals surface area contributed by atoms with Crippen molar-refractivity contribution in [1.82, 2.24) is 4.98 Å². The molecular formula is C19H23ClN2OS. The minimum absolute atomic E-state index is 0.0374. The minimum Gasteiger partial charge on any atom is -0.298 e. The molecule has 4 bridgehead atoms. The topological polar surface area (TPSA) is 53.8 Å². The van der Waals surface area contributed by atoms with Crippen LogP contribution >= 0.6 is 22.9 Å². The van der Waals surface area contributed by atoms with Gasteiger partial charge in [0.15, 0.2) is 11.7 Å². The van der Waals surface area contributed by atoms with Gasteiger partial charge in [-0.25, -0.2) is 4.98 Å². The van der Waals surface area contributed by atoms with E-state index < -0.39 is 5.92 Å². The van der Waals surface area contributed by atoms with Crippen molar-refractivity contribution in [2.24, 2.45) is 17.8 Å².